The van der Waals surface area contributed by atoms with E-state index in [1.807, 2.05) is 19.1 Å². The molecule has 1 unspecified atom stereocenters. The molecule has 0 saturated carbocycles. The fourth-order valence-corrected chi connectivity index (χ4v) is 3.60. The molecular weight excluding hydrogens is 306 g/mol. The number of nitrogens with zero attached hydrogens (tertiary/aromatic N) is 2. The molecule has 0 aliphatic carbocycles. The molecular formula is C18H21N3OS. The lowest BCUT2D eigenvalue weighted by molar-refractivity contribution is 0.340. The molecule has 2 aromatic heterocycles. The molecule has 3 rings (SSSR count). The molecule has 1 N–H and O–H groups in total. The number of rotatable bonds is 5. The molecule has 23 heavy (non-hydrogen) atoms. The van der Waals surface area contributed by atoms with Crippen molar-refractivity contribution in [3.8, 4) is 5.75 Å². The molecule has 3 aromatic rings. The second-order valence-electron chi connectivity index (χ2n) is 5.55. The van der Waals surface area contributed by atoms with Gasteiger partial charge in [-0.15, -0.1) is 11.3 Å². The predicted molar refractivity (Wildman–Crippen MR) is 96.5 cm³/mol. The SMILES string of the molecule is CCOc1ccc(C(C)Nc2ncnc3sc(C)c(C)c23)cc1. The Bertz CT molecular complexity index is 811. The van der Waals surface area contributed by atoms with E-state index in [1.54, 1.807) is 17.7 Å². The highest BCUT2D eigenvalue weighted by Crippen LogP contribution is 2.34. The monoisotopic (exact) mass is 327 g/mol. The molecule has 0 aliphatic heterocycles. The molecule has 1 aromatic carbocycles. The molecule has 4 nitrogen and oxygen atoms in total. The zero-order chi connectivity index (χ0) is 16.4. The van der Waals surface area contributed by atoms with Gasteiger partial charge in [0, 0.05) is 10.9 Å². The molecule has 0 bridgehead atoms. The van der Waals surface area contributed by atoms with Gasteiger partial charge in [0.15, 0.2) is 0 Å². The second kappa shape index (κ2) is 6.54. The third-order valence-electron chi connectivity index (χ3n) is 4.01. The summed E-state index contributed by atoms with van der Waals surface area (Å²) >= 11 is 1.72. The van der Waals surface area contributed by atoms with Gasteiger partial charge in [0.05, 0.1) is 12.0 Å². The summed E-state index contributed by atoms with van der Waals surface area (Å²) < 4.78 is 5.50. The Kier molecular flexibility index (Phi) is 4.48. The molecule has 1 atom stereocenters. The summed E-state index contributed by atoms with van der Waals surface area (Å²) in [5, 5.41) is 4.65. The van der Waals surface area contributed by atoms with Crippen LogP contribution in [0.3, 0.4) is 0 Å². The van der Waals surface area contributed by atoms with Crippen LogP contribution >= 0.6 is 11.3 Å². The van der Waals surface area contributed by atoms with Gasteiger partial charge < -0.3 is 10.1 Å². The summed E-state index contributed by atoms with van der Waals surface area (Å²) in [5.41, 5.74) is 2.46. The summed E-state index contributed by atoms with van der Waals surface area (Å²) in [6.45, 7) is 9.07. The maximum absolute atomic E-state index is 5.50. The van der Waals surface area contributed by atoms with Crippen molar-refractivity contribution >= 4 is 27.4 Å². The van der Waals surface area contributed by atoms with Gasteiger partial charge in [-0.1, -0.05) is 12.1 Å². The van der Waals surface area contributed by atoms with Crippen LogP contribution in [0.2, 0.25) is 0 Å². The van der Waals surface area contributed by atoms with Gasteiger partial charge >= 0.3 is 0 Å². The van der Waals surface area contributed by atoms with Gasteiger partial charge in [0.25, 0.3) is 0 Å². The van der Waals surface area contributed by atoms with E-state index in [4.69, 9.17) is 4.74 Å². The van der Waals surface area contributed by atoms with E-state index in [-0.39, 0.29) is 6.04 Å². The van der Waals surface area contributed by atoms with Crippen LogP contribution in [0.5, 0.6) is 5.75 Å². The van der Waals surface area contributed by atoms with Gasteiger partial charge in [0.1, 0.15) is 22.7 Å². The lowest BCUT2D eigenvalue weighted by Crippen LogP contribution is -2.08. The van der Waals surface area contributed by atoms with Crippen LogP contribution in [0.4, 0.5) is 5.82 Å². The Morgan fingerprint density at radius 3 is 2.61 bits per heavy atom. The average Bonchev–Trinajstić information content (AvgIpc) is 2.84. The number of fused-ring (bicyclic) bond motifs is 1. The van der Waals surface area contributed by atoms with Gasteiger partial charge in [-0.25, -0.2) is 9.97 Å². The summed E-state index contributed by atoms with van der Waals surface area (Å²) in [5.74, 6) is 1.80. The highest BCUT2D eigenvalue weighted by molar-refractivity contribution is 7.18. The van der Waals surface area contributed by atoms with Gasteiger partial charge in [0.2, 0.25) is 0 Å². The van der Waals surface area contributed by atoms with Crippen molar-refractivity contribution in [3.63, 3.8) is 0 Å². The number of nitrogens with one attached hydrogen (secondary N) is 1. The number of benzene rings is 1. The fourth-order valence-electron chi connectivity index (χ4n) is 2.60. The minimum absolute atomic E-state index is 0.156. The third kappa shape index (κ3) is 3.15. The first-order valence-corrected chi connectivity index (χ1v) is 8.61. The first kappa shape index (κ1) is 15.7. The molecule has 0 saturated heterocycles. The van der Waals surface area contributed by atoms with E-state index in [1.165, 1.54) is 16.0 Å². The smallest absolute Gasteiger partial charge is 0.138 e. The van der Waals surface area contributed by atoms with Crippen molar-refractivity contribution in [3.05, 3.63) is 46.6 Å². The number of anilines is 1. The number of aryl methyl sites for hydroxylation is 2. The summed E-state index contributed by atoms with van der Waals surface area (Å²) in [6.07, 6.45) is 1.63. The van der Waals surface area contributed by atoms with Gasteiger partial charge in [-0.05, 0) is 51.0 Å². The lowest BCUT2D eigenvalue weighted by Gasteiger charge is -2.16. The topological polar surface area (TPSA) is 47.0 Å². The number of ether oxygens (including phenoxy) is 1. The van der Waals surface area contributed by atoms with Gasteiger partial charge in [-0.2, -0.15) is 0 Å². The third-order valence-corrected chi connectivity index (χ3v) is 5.12. The molecule has 0 amide bonds. The van der Waals surface area contributed by atoms with Crippen molar-refractivity contribution in [2.24, 2.45) is 0 Å². The van der Waals surface area contributed by atoms with E-state index in [2.05, 4.69) is 48.2 Å². The maximum atomic E-state index is 5.50. The van der Waals surface area contributed by atoms with E-state index >= 15 is 0 Å². The van der Waals surface area contributed by atoms with Crippen LogP contribution in [0.1, 0.15) is 35.9 Å². The normalized spacial score (nSPS) is 12.3. The molecule has 120 valence electrons. The quantitative estimate of drug-likeness (QED) is 0.725. The molecule has 5 heteroatoms. The van der Waals surface area contributed by atoms with Crippen LogP contribution in [-0.2, 0) is 0 Å². The largest absolute Gasteiger partial charge is 0.494 e. The van der Waals surface area contributed by atoms with Crippen molar-refractivity contribution < 1.29 is 4.74 Å². The van der Waals surface area contributed by atoms with Crippen molar-refractivity contribution in [2.45, 2.75) is 33.7 Å². The molecule has 0 spiro atoms. The summed E-state index contributed by atoms with van der Waals surface area (Å²) in [6, 6.07) is 8.35. The molecule has 2 heterocycles. The van der Waals surface area contributed by atoms with Crippen LogP contribution in [0.15, 0.2) is 30.6 Å². The maximum Gasteiger partial charge on any atom is 0.138 e. The van der Waals surface area contributed by atoms with Crippen molar-refractivity contribution in [1.29, 1.82) is 0 Å². The van der Waals surface area contributed by atoms with Crippen LogP contribution < -0.4 is 10.1 Å². The standard InChI is InChI=1S/C18H21N3OS/c1-5-22-15-8-6-14(7-9-15)12(3)21-17-16-11(2)13(4)23-18(16)20-10-19-17/h6-10,12H,5H2,1-4H3,(H,19,20,21). The molecule has 0 aliphatic rings. The highest BCUT2D eigenvalue weighted by Gasteiger charge is 2.14. The highest BCUT2D eigenvalue weighted by atomic mass is 32.1. The first-order chi connectivity index (χ1) is 11.1. The Balaban J connectivity index is 1.86. The summed E-state index contributed by atoms with van der Waals surface area (Å²) in [4.78, 5) is 11.2. The number of hydrogen-bond acceptors (Lipinski definition) is 5. The summed E-state index contributed by atoms with van der Waals surface area (Å²) in [7, 11) is 0. The van der Waals surface area contributed by atoms with Crippen molar-refractivity contribution in [1.82, 2.24) is 9.97 Å². The number of aromatic nitrogens is 2. The number of hydrogen-bond donors (Lipinski definition) is 1. The Hall–Kier alpha value is -2.14. The number of thiophene rings is 1. The van der Waals surface area contributed by atoms with E-state index in [0.717, 1.165) is 21.8 Å². The van der Waals surface area contributed by atoms with Crippen LogP contribution in [-0.4, -0.2) is 16.6 Å². The van der Waals surface area contributed by atoms with Crippen LogP contribution in [0, 0.1) is 13.8 Å². The molecule has 0 radical (unpaired) electrons. The van der Waals surface area contributed by atoms with E-state index in [9.17, 15) is 0 Å². The average molecular weight is 327 g/mol. The zero-order valence-electron chi connectivity index (χ0n) is 13.9. The Morgan fingerprint density at radius 2 is 1.91 bits per heavy atom. The minimum atomic E-state index is 0.156. The Labute approximate surface area is 140 Å². The van der Waals surface area contributed by atoms with E-state index in [0.29, 0.717) is 6.61 Å². The Morgan fingerprint density at radius 1 is 1.17 bits per heavy atom. The fraction of sp³-hybridized carbons (Fsp3) is 0.333. The van der Waals surface area contributed by atoms with Gasteiger partial charge in [-0.3, -0.25) is 0 Å². The predicted octanol–water partition coefficient (Wildman–Crippen LogP) is 4.88. The van der Waals surface area contributed by atoms with Crippen molar-refractivity contribution in [2.75, 3.05) is 11.9 Å². The van der Waals surface area contributed by atoms with Crippen LogP contribution in [0.25, 0.3) is 10.2 Å². The lowest BCUT2D eigenvalue weighted by atomic mass is 10.1. The first-order valence-electron chi connectivity index (χ1n) is 7.80. The minimum Gasteiger partial charge on any atom is -0.494 e. The zero-order valence-corrected chi connectivity index (χ0v) is 14.7. The van der Waals surface area contributed by atoms with E-state index < -0.39 is 0 Å². The molecule has 0 fully saturated rings. The second-order valence-corrected chi connectivity index (χ2v) is 6.76.